The average molecular weight is 337 g/mol. The maximum absolute atomic E-state index is 12.5. The van der Waals surface area contributed by atoms with E-state index < -0.39 is 23.8 Å². The molecule has 1 heterocycles. The summed E-state index contributed by atoms with van der Waals surface area (Å²) < 4.78 is 4.98. The molecule has 7 heteroatoms. The van der Waals surface area contributed by atoms with Crippen molar-refractivity contribution in [2.24, 2.45) is 11.8 Å². The van der Waals surface area contributed by atoms with Crippen LogP contribution in [0.5, 0.6) is 0 Å². The van der Waals surface area contributed by atoms with Gasteiger partial charge in [-0.25, -0.2) is 4.79 Å². The zero-order chi connectivity index (χ0) is 17.0. The molecule has 0 saturated heterocycles. The molecule has 1 aliphatic rings. The Bertz CT molecular complexity index is 649. The van der Waals surface area contributed by atoms with Gasteiger partial charge in [0, 0.05) is 4.88 Å². The lowest BCUT2D eigenvalue weighted by molar-refractivity contribution is -0.146. The number of anilines is 1. The highest BCUT2D eigenvalue weighted by Crippen LogP contribution is 2.31. The van der Waals surface area contributed by atoms with Crippen molar-refractivity contribution in [2.45, 2.75) is 26.7 Å². The van der Waals surface area contributed by atoms with Crippen LogP contribution in [0.4, 0.5) is 5.00 Å². The molecule has 1 aliphatic carbocycles. The first-order valence-corrected chi connectivity index (χ1v) is 8.21. The van der Waals surface area contributed by atoms with Crippen LogP contribution in [0.25, 0.3) is 0 Å². The molecule has 0 aliphatic heterocycles. The van der Waals surface area contributed by atoms with Crippen LogP contribution in [0.1, 0.15) is 35.0 Å². The van der Waals surface area contributed by atoms with E-state index in [9.17, 15) is 19.5 Å². The minimum atomic E-state index is -0.984. The largest absolute Gasteiger partial charge is 0.481 e. The number of ether oxygens (including phenoxy) is 1. The second-order valence-corrected chi connectivity index (χ2v) is 6.56. The third-order valence-corrected chi connectivity index (χ3v) is 4.64. The van der Waals surface area contributed by atoms with Crippen LogP contribution in [0.15, 0.2) is 18.2 Å². The first-order valence-electron chi connectivity index (χ1n) is 7.40. The average Bonchev–Trinajstić information content (AvgIpc) is 2.88. The Labute approximate surface area is 138 Å². The molecule has 0 radical (unpaired) electrons. The van der Waals surface area contributed by atoms with Crippen molar-refractivity contribution < 1.29 is 24.2 Å². The maximum Gasteiger partial charge on any atom is 0.341 e. The van der Waals surface area contributed by atoms with E-state index in [1.807, 2.05) is 13.0 Å². The molecule has 0 aromatic carbocycles. The molecule has 6 nitrogen and oxygen atoms in total. The molecule has 2 unspecified atom stereocenters. The SMILES string of the molecule is CCOC(=O)c1cc(C)sc1NC(=O)C1CC=CCC1C(=O)O. The van der Waals surface area contributed by atoms with Crippen molar-refractivity contribution >= 4 is 34.2 Å². The number of amides is 1. The second-order valence-electron chi connectivity index (χ2n) is 5.30. The standard InChI is InChI=1S/C16H19NO5S/c1-3-22-16(21)12-8-9(2)23-14(12)17-13(18)10-6-4-5-7-11(10)15(19)20/h4-5,8,10-11H,3,6-7H2,1-2H3,(H,17,18)(H,19,20). The van der Waals surface area contributed by atoms with Gasteiger partial charge in [0.1, 0.15) is 5.00 Å². The van der Waals surface area contributed by atoms with E-state index in [0.29, 0.717) is 23.4 Å². The Morgan fingerprint density at radius 3 is 2.57 bits per heavy atom. The summed E-state index contributed by atoms with van der Waals surface area (Å²) in [6, 6.07) is 1.66. The van der Waals surface area contributed by atoms with Crippen LogP contribution >= 0.6 is 11.3 Å². The van der Waals surface area contributed by atoms with Gasteiger partial charge in [0.15, 0.2) is 0 Å². The first kappa shape index (κ1) is 17.2. The predicted molar refractivity (Wildman–Crippen MR) is 86.6 cm³/mol. The normalized spacial score (nSPS) is 20.1. The number of hydrogen-bond acceptors (Lipinski definition) is 5. The molecule has 2 atom stereocenters. The lowest BCUT2D eigenvalue weighted by atomic mass is 9.82. The van der Waals surface area contributed by atoms with E-state index in [2.05, 4.69) is 5.32 Å². The summed E-state index contributed by atoms with van der Waals surface area (Å²) in [7, 11) is 0. The van der Waals surface area contributed by atoms with Gasteiger partial charge in [-0.1, -0.05) is 12.2 Å². The molecule has 0 spiro atoms. The van der Waals surface area contributed by atoms with E-state index in [1.165, 1.54) is 11.3 Å². The van der Waals surface area contributed by atoms with Gasteiger partial charge in [-0.3, -0.25) is 9.59 Å². The summed E-state index contributed by atoms with van der Waals surface area (Å²) in [5.41, 5.74) is 0.306. The molecule has 2 N–H and O–H groups in total. The van der Waals surface area contributed by atoms with Crippen LogP contribution < -0.4 is 5.32 Å². The van der Waals surface area contributed by atoms with Crippen molar-refractivity contribution in [1.82, 2.24) is 0 Å². The number of aryl methyl sites for hydroxylation is 1. The van der Waals surface area contributed by atoms with E-state index in [1.54, 1.807) is 19.1 Å². The Kier molecular flexibility index (Phi) is 5.54. The van der Waals surface area contributed by atoms with Gasteiger partial charge in [-0.2, -0.15) is 0 Å². The third-order valence-electron chi connectivity index (χ3n) is 3.67. The fourth-order valence-corrected chi connectivity index (χ4v) is 3.45. The van der Waals surface area contributed by atoms with Gasteiger partial charge in [0.2, 0.25) is 5.91 Å². The summed E-state index contributed by atoms with van der Waals surface area (Å²) >= 11 is 1.27. The van der Waals surface area contributed by atoms with Crippen LogP contribution in [0.3, 0.4) is 0 Å². The minimum absolute atomic E-state index is 0.246. The Morgan fingerprint density at radius 1 is 1.30 bits per heavy atom. The smallest absolute Gasteiger partial charge is 0.341 e. The Morgan fingerprint density at radius 2 is 1.96 bits per heavy atom. The summed E-state index contributed by atoms with van der Waals surface area (Å²) in [4.78, 5) is 36.6. The van der Waals surface area contributed by atoms with Crippen molar-refractivity contribution in [2.75, 3.05) is 11.9 Å². The number of rotatable bonds is 5. The Hall–Kier alpha value is -2.15. The lowest BCUT2D eigenvalue weighted by Gasteiger charge is -2.24. The number of carboxylic acid groups (broad SMARTS) is 1. The van der Waals surface area contributed by atoms with Crippen LogP contribution in [-0.2, 0) is 14.3 Å². The summed E-state index contributed by atoms with van der Waals surface area (Å²) in [5, 5.41) is 12.4. The molecule has 124 valence electrons. The number of nitrogens with one attached hydrogen (secondary N) is 1. The number of carbonyl (C=O) groups is 3. The number of hydrogen-bond donors (Lipinski definition) is 2. The van der Waals surface area contributed by atoms with Crippen molar-refractivity contribution in [1.29, 1.82) is 0 Å². The summed E-state index contributed by atoms with van der Waals surface area (Å²) in [6.07, 6.45) is 4.31. The summed E-state index contributed by atoms with van der Waals surface area (Å²) in [6.45, 7) is 3.78. The molecule has 2 rings (SSSR count). The van der Waals surface area contributed by atoms with Gasteiger partial charge in [-0.15, -0.1) is 11.3 Å². The molecule has 0 fully saturated rings. The molecule has 0 saturated carbocycles. The number of carbonyl (C=O) groups excluding carboxylic acids is 2. The molecular weight excluding hydrogens is 318 g/mol. The van der Waals surface area contributed by atoms with Crippen LogP contribution in [0.2, 0.25) is 0 Å². The zero-order valence-corrected chi connectivity index (χ0v) is 13.8. The maximum atomic E-state index is 12.5. The number of thiophene rings is 1. The predicted octanol–water partition coefficient (Wildman–Crippen LogP) is 2.84. The van der Waals surface area contributed by atoms with E-state index in [0.717, 1.165) is 4.88 Å². The van der Waals surface area contributed by atoms with Gasteiger partial charge >= 0.3 is 11.9 Å². The van der Waals surface area contributed by atoms with Gasteiger partial charge < -0.3 is 15.2 Å². The quantitative estimate of drug-likeness (QED) is 0.636. The third kappa shape index (κ3) is 3.98. The van der Waals surface area contributed by atoms with Crippen LogP contribution in [0, 0.1) is 18.8 Å². The van der Waals surface area contributed by atoms with E-state index in [4.69, 9.17) is 4.74 Å². The highest BCUT2D eigenvalue weighted by molar-refractivity contribution is 7.16. The first-order chi connectivity index (χ1) is 10.9. The van der Waals surface area contributed by atoms with Crippen molar-refractivity contribution in [3.05, 3.63) is 28.7 Å². The van der Waals surface area contributed by atoms with E-state index in [-0.39, 0.29) is 12.5 Å². The highest BCUT2D eigenvalue weighted by atomic mass is 32.1. The van der Waals surface area contributed by atoms with Crippen molar-refractivity contribution in [3.8, 4) is 0 Å². The molecule has 23 heavy (non-hydrogen) atoms. The lowest BCUT2D eigenvalue weighted by Crippen LogP contribution is -2.34. The van der Waals surface area contributed by atoms with Gasteiger partial charge in [0.05, 0.1) is 24.0 Å². The molecule has 1 aromatic heterocycles. The summed E-state index contributed by atoms with van der Waals surface area (Å²) in [5.74, 6) is -3.25. The second kappa shape index (κ2) is 7.41. The van der Waals surface area contributed by atoms with Crippen LogP contribution in [-0.4, -0.2) is 29.6 Å². The van der Waals surface area contributed by atoms with Gasteiger partial charge in [0.25, 0.3) is 0 Å². The molecule has 1 aromatic rings. The molecule has 1 amide bonds. The fourth-order valence-electron chi connectivity index (χ4n) is 2.55. The van der Waals surface area contributed by atoms with Crippen molar-refractivity contribution in [3.63, 3.8) is 0 Å². The number of allylic oxidation sites excluding steroid dienone is 2. The Balaban J connectivity index is 2.18. The number of carboxylic acids is 1. The monoisotopic (exact) mass is 337 g/mol. The molecular formula is C16H19NO5S. The number of esters is 1. The van der Waals surface area contributed by atoms with E-state index >= 15 is 0 Å². The van der Waals surface area contributed by atoms with Gasteiger partial charge in [-0.05, 0) is 32.8 Å². The topological polar surface area (TPSA) is 92.7 Å². The fraction of sp³-hybridized carbons (Fsp3) is 0.438. The molecule has 0 bridgehead atoms. The minimum Gasteiger partial charge on any atom is -0.481 e. The number of aliphatic carboxylic acids is 1. The highest BCUT2D eigenvalue weighted by Gasteiger charge is 2.34. The zero-order valence-electron chi connectivity index (χ0n) is 13.0.